The predicted molar refractivity (Wildman–Crippen MR) is 98.0 cm³/mol. The third-order valence-electron chi connectivity index (χ3n) is 3.27. The number of ether oxygens (including phenoxy) is 1. The molecule has 0 unspecified atom stereocenters. The minimum atomic E-state index is -0.416. The van der Waals surface area contributed by atoms with Gasteiger partial charge in [0.25, 0.3) is 0 Å². The molecule has 0 saturated heterocycles. The average molecular weight is 346 g/mol. The monoisotopic (exact) mass is 345 g/mol. The minimum absolute atomic E-state index is 0.102. The van der Waals surface area contributed by atoms with Crippen molar-refractivity contribution in [3.8, 4) is 5.75 Å². The molecule has 24 heavy (non-hydrogen) atoms. The molecule has 1 atom stereocenters. The number of benzene rings is 2. The molecule has 0 heterocycles. The third kappa shape index (κ3) is 5.59. The van der Waals surface area contributed by atoms with Crippen molar-refractivity contribution < 1.29 is 9.53 Å². The molecular weight excluding hydrogens is 326 g/mol. The molecule has 0 saturated carbocycles. The number of hydrazone groups is 1. The van der Waals surface area contributed by atoms with Gasteiger partial charge >= 0.3 is 6.03 Å². The Morgan fingerprint density at radius 1 is 1.29 bits per heavy atom. The fourth-order valence-corrected chi connectivity index (χ4v) is 2.07. The Morgan fingerprint density at radius 3 is 2.71 bits per heavy atom. The molecule has 0 fully saturated rings. The van der Waals surface area contributed by atoms with Crippen molar-refractivity contribution >= 4 is 29.5 Å². The molecule has 2 aromatic carbocycles. The highest BCUT2D eigenvalue weighted by Crippen LogP contribution is 2.26. The summed E-state index contributed by atoms with van der Waals surface area (Å²) in [6.45, 7) is 4.03. The van der Waals surface area contributed by atoms with E-state index in [9.17, 15) is 4.79 Å². The lowest BCUT2D eigenvalue weighted by Crippen LogP contribution is -2.24. The van der Waals surface area contributed by atoms with E-state index in [1.54, 1.807) is 24.3 Å². The van der Waals surface area contributed by atoms with Crippen molar-refractivity contribution in [2.75, 3.05) is 5.32 Å². The van der Waals surface area contributed by atoms with Gasteiger partial charge in [0.15, 0.2) is 0 Å². The lowest BCUT2D eigenvalue weighted by molar-refractivity contribution is 0.217. The van der Waals surface area contributed by atoms with Crippen LogP contribution in [0.5, 0.6) is 5.75 Å². The molecule has 0 aliphatic heterocycles. The van der Waals surface area contributed by atoms with Crippen LogP contribution in [-0.4, -0.2) is 18.3 Å². The van der Waals surface area contributed by atoms with Crippen molar-refractivity contribution in [3.63, 3.8) is 0 Å². The Kier molecular flexibility index (Phi) is 6.63. The first-order valence-electron chi connectivity index (χ1n) is 7.69. The van der Waals surface area contributed by atoms with Crippen molar-refractivity contribution in [3.05, 3.63) is 59.1 Å². The second kappa shape index (κ2) is 8.93. The van der Waals surface area contributed by atoms with Crippen LogP contribution in [0.3, 0.4) is 0 Å². The summed E-state index contributed by atoms with van der Waals surface area (Å²) in [4.78, 5) is 11.7. The van der Waals surface area contributed by atoms with Crippen molar-refractivity contribution in [1.29, 1.82) is 0 Å². The number of carbonyl (C=O) groups excluding carboxylic acids is 1. The van der Waals surface area contributed by atoms with Crippen LogP contribution in [0.25, 0.3) is 0 Å². The lowest BCUT2D eigenvalue weighted by atomic mass is 10.2. The number of nitrogens with one attached hydrogen (secondary N) is 2. The van der Waals surface area contributed by atoms with Gasteiger partial charge in [-0.25, -0.2) is 10.2 Å². The Labute approximate surface area is 146 Å². The van der Waals surface area contributed by atoms with Crippen LogP contribution < -0.4 is 15.5 Å². The second-order valence-corrected chi connectivity index (χ2v) is 5.62. The average Bonchev–Trinajstić information content (AvgIpc) is 2.58. The first-order chi connectivity index (χ1) is 11.6. The quantitative estimate of drug-likeness (QED) is 0.590. The molecule has 0 aromatic heterocycles. The number of carbonyl (C=O) groups is 1. The molecule has 0 aliphatic rings. The van der Waals surface area contributed by atoms with Crippen LogP contribution in [0.15, 0.2) is 53.6 Å². The highest BCUT2D eigenvalue weighted by Gasteiger charge is 2.06. The van der Waals surface area contributed by atoms with Gasteiger partial charge < -0.3 is 10.1 Å². The number of rotatable bonds is 6. The molecule has 0 bridgehead atoms. The molecule has 2 aromatic rings. The molecule has 126 valence electrons. The number of hydrogen-bond donors (Lipinski definition) is 2. The molecule has 2 N–H and O–H groups in total. The first kappa shape index (κ1) is 17.8. The number of para-hydroxylation sites is 1. The van der Waals surface area contributed by atoms with Gasteiger partial charge in [-0.05, 0) is 49.2 Å². The van der Waals surface area contributed by atoms with Gasteiger partial charge in [-0.3, -0.25) is 0 Å². The zero-order chi connectivity index (χ0) is 17.4. The van der Waals surface area contributed by atoms with E-state index in [1.165, 1.54) is 6.21 Å². The van der Waals surface area contributed by atoms with Crippen molar-refractivity contribution in [2.24, 2.45) is 5.10 Å². The van der Waals surface area contributed by atoms with Gasteiger partial charge in [-0.2, -0.15) is 5.10 Å². The van der Waals surface area contributed by atoms with Crippen molar-refractivity contribution in [2.45, 2.75) is 26.4 Å². The molecule has 6 heteroatoms. The SMILES string of the molecule is CC[C@@H](C)Oc1ccc(/C=N/NC(=O)Nc2ccccc2)cc1Cl. The molecule has 0 spiro atoms. The normalized spacial score (nSPS) is 12.0. The van der Waals surface area contributed by atoms with Crippen LogP contribution in [0.4, 0.5) is 10.5 Å². The summed E-state index contributed by atoms with van der Waals surface area (Å²) in [6.07, 6.45) is 2.52. The summed E-state index contributed by atoms with van der Waals surface area (Å²) < 4.78 is 5.70. The molecule has 2 rings (SSSR count). The smallest absolute Gasteiger partial charge is 0.339 e. The van der Waals surface area contributed by atoms with E-state index in [1.807, 2.05) is 38.1 Å². The standard InChI is InChI=1S/C18H20ClN3O2/c1-3-13(2)24-17-10-9-14(11-16(17)19)12-20-22-18(23)21-15-7-5-4-6-8-15/h4-13H,3H2,1-2H3,(H2,21,22,23)/b20-12+/t13-/m1/s1. The topological polar surface area (TPSA) is 62.7 Å². The summed E-state index contributed by atoms with van der Waals surface area (Å²) in [5.74, 6) is 0.637. The summed E-state index contributed by atoms with van der Waals surface area (Å²) in [5, 5.41) is 7.07. The van der Waals surface area contributed by atoms with E-state index in [0.717, 1.165) is 12.0 Å². The lowest BCUT2D eigenvalue weighted by Gasteiger charge is -2.13. The number of halogens is 1. The van der Waals surface area contributed by atoms with E-state index < -0.39 is 6.03 Å². The summed E-state index contributed by atoms with van der Waals surface area (Å²) in [6, 6.07) is 14.1. The molecule has 5 nitrogen and oxygen atoms in total. The maximum atomic E-state index is 11.7. The number of amides is 2. The molecule has 0 aliphatic carbocycles. The Morgan fingerprint density at radius 2 is 2.04 bits per heavy atom. The van der Waals surface area contributed by atoms with E-state index in [4.69, 9.17) is 16.3 Å². The van der Waals surface area contributed by atoms with Gasteiger partial charge in [-0.1, -0.05) is 36.7 Å². The molecule has 0 radical (unpaired) electrons. The third-order valence-corrected chi connectivity index (χ3v) is 3.57. The first-order valence-corrected chi connectivity index (χ1v) is 8.07. The van der Waals surface area contributed by atoms with Crippen LogP contribution >= 0.6 is 11.6 Å². The zero-order valence-electron chi connectivity index (χ0n) is 13.6. The van der Waals surface area contributed by atoms with Gasteiger partial charge in [0.2, 0.25) is 0 Å². The number of hydrogen-bond acceptors (Lipinski definition) is 3. The Hall–Kier alpha value is -2.53. The second-order valence-electron chi connectivity index (χ2n) is 5.22. The van der Waals surface area contributed by atoms with Gasteiger partial charge in [0.1, 0.15) is 5.75 Å². The zero-order valence-corrected chi connectivity index (χ0v) is 14.4. The van der Waals surface area contributed by atoms with Gasteiger partial charge in [-0.15, -0.1) is 0 Å². The largest absolute Gasteiger partial charge is 0.489 e. The Bertz CT molecular complexity index is 705. The van der Waals surface area contributed by atoms with Crippen molar-refractivity contribution in [1.82, 2.24) is 5.43 Å². The van der Waals surface area contributed by atoms with Crippen LogP contribution in [-0.2, 0) is 0 Å². The highest BCUT2D eigenvalue weighted by molar-refractivity contribution is 6.32. The number of urea groups is 1. The molecular formula is C18H20ClN3O2. The molecule has 2 amide bonds. The maximum absolute atomic E-state index is 11.7. The van der Waals surface area contributed by atoms with E-state index in [-0.39, 0.29) is 6.10 Å². The number of nitrogens with zero attached hydrogens (tertiary/aromatic N) is 1. The fraction of sp³-hybridized carbons (Fsp3) is 0.222. The maximum Gasteiger partial charge on any atom is 0.339 e. The summed E-state index contributed by atoms with van der Waals surface area (Å²) in [7, 11) is 0. The number of anilines is 1. The van der Waals surface area contributed by atoms with Crippen LogP contribution in [0.2, 0.25) is 5.02 Å². The van der Waals surface area contributed by atoms with Crippen LogP contribution in [0, 0.1) is 0 Å². The Balaban J connectivity index is 1.90. The highest BCUT2D eigenvalue weighted by atomic mass is 35.5. The summed E-state index contributed by atoms with van der Waals surface area (Å²) in [5.41, 5.74) is 3.86. The van der Waals surface area contributed by atoms with Gasteiger partial charge in [0.05, 0.1) is 17.3 Å². The van der Waals surface area contributed by atoms with E-state index >= 15 is 0 Å². The minimum Gasteiger partial charge on any atom is -0.489 e. The predicted octanol–water partition coefficient (Wildman–Crippen LogP) is 4.67. The van der Waals surface area contributed by atoms with E-state index in [0.29, 0.717) is 16.5 Å². The van der Waals surface area contributed by atoms with E-state index in [2.05, 4.69) is 15.8 Å². The van der Waals surface area contributed by atoms with Crippen LogP contribution in [0.1, 0.15) is 25.8 Å². The summed E-state index contributed by atoms with van der Waals surface area (Å²) >= 11 is 6.19. The van der Waals surface area contributed by atoms with Gasteiger partial charge in [0, 0.05) is 5.69 Å². The fourth-order valence-electron chi connectivity index (χ4n) is 1.84.